The Bertz CT molecular complexity index is 285. The summed E-state index contributed by atoms with van der Waals surface area (Å²) in [6, 6.07) is 1.96. The van der Waals surface area contributed by atoms with Crippen LogP contribution in [0.3, 0.4) is 0 Å². The van der Waals surface area contributed by atoms with Gasteiger partial charge in [-0.3, -0.25) is 9.80 Å². The van der Waals surface area contributed by atoms with Crippen LogP contribution in [0.4, 0.5) is 0 Å². The molecule has 4 rings (SSSR count). The molecule has 0 aromatic carbocycles. The molecule has 3 nitrogen and oxygen atoms in total. The summed E-state index contributed by atoms with van der Waals surface area (Å²) in [6.07, 6.45) is 5.22. The molecule has 4 unspecified atom stereocenters. The number of piperidine rings is 3. The second-order valence-corrected chi connectivity index (χ2v) is 6.59. The summed E-state index contributed by atoms with van der Waals surface area (Å²) < 4.78 is 0. The van der Waals surface area contributed by atoms with Gasteiger partial charge in [0.15, 0.2) is 0 Å². The highest BCUT2D eigenvalue weighted by Gasteiger charge is 2.51. The first-order chi connectivity index (χ1) is 8.74. The molecule has 4 aliphatic heterocycles. The number of nitrogens with two attached hydrogens (primary N) is 1. The zero-order valence-corrected chi connectivity index (χ0v) is 12.0. The summed E-state index contributed by atoms with van der Waals surface area (Å²) in [5, 5.41) is 0. The molecular weight excluding hydrogens is 222 g/mol. The number of nitrogens with zero attached hydrogens (tertiary/aromatic N) is 2. The zero-order valence-electron chi connectivity index (χ0n) is 12.0. The van der Waals surface area contributed by atoms with E-state index in [1.165, 1.54) is 45.4 Å². The van der Waals surface area contributed by atoms with Crippen molar-refractivity contribution < 1.29 is 0 Å². The molecule has 4 atom stereocenters. The lowest BCUT2D eigenvalue weighted by atomic mass is 9.73. The Morgan fingerprint density at radius 1 is 1.22 bits per heavy atom. The third-order valence-electron chi connectivity index (χ3n) is 5.82. The Balaban J connectivity index is 1.77. The zero-order chi connectivity index (χ0) is 12.7. The molecule has 4 heterocycles. The highest BCUT2D eigenvalue weighted by Crippen LogP contribution is 2.44. The summed E-state index contributed by atoms with van der Waals surface area (Å²) in [5.41, 5.74) is 6.24. The molecule has 3 heteroatoms. The van der Waals surface area contributed by atoms with Crippen LogP contribution in [-0.2, 0) is 0 Å². The third kappa shape index (κ3) is 2.00. The Hall–Kier alpha value is -0.120. The van der Waals surface area contributed by atoms with Gasteiger partial charge in [0.25, 0.3) is 0 Å². The average molecular weight is 251 g/mol. The summed E-state index contributed by atoms with van der Waals surface area (Å²) >= 11 is 0. The Labute approximate surface area is 112 Å². The smallest absolute Gasteiger partial charge is 0.0295 e. The molecule has 104 valence electrons. The average Bonchev–Trinajstić information content (AvgIpc) is 2.80. The van der Waals surface area contributed by atoms with Crippen LogP contribution in [0, 0.1) is 11.8 Å². The lowest BCUT2D eigenvalue weighted by Gasteiger charge is -2.50. The standard InChI is InChI=1S/C15H29N3/c1-3-12(16)9-14-15-13(10-17(14)4-2)11-5-7-18(15)8-6-11/h11-15H,3-10,16H2,1-2H3. The lowest BCUT2D eigenvalue weighted by Crippen LogP contribution is -2.57. The number of fused-ring (bicyclic) bond motifs is 2. The van der Waals surface area contributed by atoms with Crippen LogP contribution in [-0.4, -0.2) is 54.1 Å². The summed E-state index contributed by atoms with van der Waals surface area (Å²) in [4.78, 5) is 5.51. The Kier molecular flexibility index (Phi) is 3.65. The molecule has 0 aromatic rings. The van der Waals surface area contributed by atoms with Crippen LogP contribution in [0.25, 0.3) is 0 Å². The topological polar surface area (TPSA) is 32.5 Å². The maximum Gasteiger partial charge on any atom is 0.0295 e. The molecular formula is C15H29N3. The van der Waals surface area contributed by atoms with E-state index in [-0.39, 0.29) is 0 Å². The lowest BCUT2D eigenvalue weighted by molar-refractivity contribution is 0.00146. The summed E-state index contributed by atoms with van der Waals surface area (Å²) in [7, 11) is 0. The Morgan fingerprint density at radius 3 is 2.56 bits per heavy atom. The SMILES string of the molecule is CCC(N)CC1C2C(CN1CC)C1CCN2CC1. The van der Waals surface area contributed by atoms with Crippen molar-refractivity contribution >= 4 is 0 Å². The van der Waals surface area contributed by atoms with Crippen LogP contribution in [0.5, 0.6) is 0 Å². The maximum atomic E-state index is 6.24. The van der Waals surface area contributed by atoms with Gasteiger partial charge in [0.05, 0.1) is 0 Å². The first kappa shape index (κ1) is 12.9. The number of likely N-dealkylation sites (tertiary alicyclic amines) is 1. The van der Waals surface area contributed by atoms with Crippen molar-refractivity contribution in [2.45, 2.75) is 57.7 Å². The first-order valence-electron chi connectivity index (χ1n) is 7.98. The van der Waals surface area contributed by atoms with E-state index in [4.69, 9.17) is 5.73 Å². The van der Waals surface area contributed by atoms with Crippen molar-refractivity contribution in [1.82, 2.24) is 9.80 Å². The van der Waals surface area contributed by atoms with Crippen molar-refractivity contribution in [2.75, 3.05) is 26.2 Å². The monoisotopic (exact) mass is 251 g/mol. The van der Waals surface area contributed by atoms with Gasteiger partial charge in [-0.15, -0.1) is 0 Å². The predicted molar refractivity (Wildman–Crippen MR) is 75.5 cm³/mol. The van der Waals surface area contributed by atoms with Crippen LogP contribution in [0.2, 0.25) is 0 Å². The normalized spacial score (nSPS) is 45.2. The van der Waals surface area contributed by atoms with Crippen molar-refractivity contribution in [3.8, 4) is 0 Å². The molecule has 0 aliphatic carbocycles. The van der Waals surface area contributed by atoms with E-state index in [9.17, 15) is 0 Å². The highest BCUT2D eigenvalue weighted by atomic mass is 15.3. The van der Waals surface area contributed by atoms with Crippen molar-refractivity contribution in [2.24, 2.45) is 17.6 Å². The van der Waals surface area contributed by atoms with Crippen molar-refractivity contribution in [3.63, 3.8) is 0 Å². The van der Waals surface area contributed by atoms with Gasteiger partial charge in [0.1, 0.15) is 0 Å². The van der Waals surface area contributed by atoms with E-state index < -0.39 is 0 Å². The molecule has 4 aliphatic rings. The summed E-state index contributed by atoms with van der Waals surface area (Å²) in [6.45, 7) is 9.78. The number of hydrogen-bond acceptors (Lipinski definition) is 3. The van der Waals surface area contributed by atoms with E-state index in [0.29, 0.717) is 6.04 Å². The van der Waals surface area contributed by atoms with E-state index in [0.717, 1.165) is 30.3 Å². The minimum atomic E-state index is 0.393. The van der Waals surface area contributed by atoms with Gasteiger partial charge in [-0.1, -0.05) is 13.8 Å². The molecule has 0 spiro atoms. The van der Waals surface area contributed by atoms with Crippen LogP contribution < -0.4 is 5.73 Å². The largest absolute Gasteiger partial charge is 0.328 e. The minimum absolute atomic E-state index is 0.393. The first-order valence-corrected chi connectivity index (χ1v) is 7.98. The molecule has 2 bridgehead atoms. The van der Waals surface area contributed by atoms with E-state index in [1.807, 2.05) is 0 Å². The van der Waals surface area contributed by atoms with Gasteiger partial charge in [-0.2, -0.15) is 0 Å². The van der Waals surface area contributed by atoms with E-state index in [2.05, 4.69) is 23.6 Å². The molecule has 0 amide bonds. The minimum Gasteiger partial charge on any atom is -0.328 e. The fourth-order valence-corrected chi connectivity index (χ4v) is 4.73. The predicted octanol–water partition coefficient (Wildman–Crippen LogP) is 1.53. The van der Waals surface area contributed by atoms with Gasteiger partial charge in [-0.25, -0.2) is 0 Å². The molecule has 0 saturated carbocycles. The number of rotatable bonds is 4. The number of likely N-dealkylation sites (N-methyl/N-ethyl adjacent to an activating group) is 1. The fourth-order valence-electron chi connectivity index (χ4n) is 4.73. The highest BCUT2D eigenvalue weighted by molar-refractivity contribution is 5.06. The van der Waals surface area contributed by atoms with Crippen molar-refractivity contribution in [3.05, 3.63) is 0 Å². The van der Waals surface area contributed by atoms with Crippen LogP contribution >= 0.6 is 0 Å². The molecule has 4 fully saturated rings. The third-order valence-corrected chi connectivity index (χ3v) is 5.82. The van der Waals surface area contributed by atoms with Gasteiger partial charge in [0, 0.05) is 24.7 Å². The molecule has 18 heavy (non-hydrogen) atoms. The van der Waals surface area contributed by atoms with Gasteiger partial charge < -0.3 is 5.73 Å². The van der Waals surface area contributed by atoms with Crippen molar-refractivity contribution in [1.29, 1.82) is 0 Å². The summed E-state index contributed by atoms with van der Waals surface area (Å²) in [5.74, 6) is 1.96. The Morgan fingerprint density at radius 2 is 1.94 bits per heavy atom. The molecule has 0 aromatic heterocycles. The van der Waals surface area contributed by atoms with E-state index >= 15 is 0 Å². The second kappa shape index (κ2) is 5.10. The molecule has 2 N–H and O–H groups in total. The van der Waals surface area contributed by atoms with Crippen LogP contribution in [0.15, 0.2) is 0 Å². The quantitative estimate of drug-likeness (QED) is 0.822. The number of hydrogen-bond donors (Lipinski definition) is 1. The van der Waals surface area contributed by atoms with E-state index in [1.54, 1.807) is 0 Å². The fraction of sp³-hybridized carbons (Fsp3) is 1.00. The van der Waals surface area contributed by atoms with Crippen LogP contribution in [0.1, 0.15) is 39.5 Å². The maximum absolute atomic E-state index is 6.24. The molecule has 4 saturated heterocycles. The van der Waals surface area contributed by atoms with Gasteiger partial charge in [-0.05, 0) is 57.2 Å². The molecule has 0 radical (unpaired) electrons. The van der Waals surface area contributed by atoms with Gasteiger partial charge in [0.2, 0.25) is 0 Å². The second-order valence-electron chi connectivity index (χ2n) is 6.59. The van der Waals surface area contributed by atoms with Gasteiger partial charge >= 0.3 is 0 Å².